The molecule has 0 aliphatic carbocycles. The second-order valence-corrected chi connectivity index (χ2v) is 2.39. The summed E-state index contributed by atoms with van der Waals surface area (Å²) >= 11 is 0. The second kappa shape index (κ2) is 9.58. The van der Waals surface area contributed by atoms with Crippen molar-refractivity contribution in [3.63, 3.8) is 0 Å². The van der Waals surface area contributed by atoms with Gasteiger partial charge >= 0.3 is 51.4 Å². The summed E-state index contributed by atoms with van der Waals surface area (Å²) in [6.07, 6.45) is -0.727. The maximum Gasteiger partial charge on any atom is 1.00 e. The fraction of sp³-hybridized carbons (Fsp3) is 0.875. The van der Waals surface area contributed by atoms with E-state index in [0.717, 1.165) is 0 Å². The van der Waals surface area contributed by atoms with Gasteiger partial charge in [0.05, 0.1) is 12.1 Å². The second-order valence-electron chi connectivity index (χ2n) is 2.39. The average molecular weight is 214 g/mol. The molecule has 0 spiro atoms. The SMILES string of the molecule is CCOC(CC)OC(C)C(=O)[O-].[K+]. The molecule has 2 unspecified atom stereocenters. The summed E-state index contributed by atoms with van der Waals surface area (Å²) < 4.78 is 10.1. The third-order valence-electron chi connectivity index (χ3n) is 1.37. The predicted octanol–water partition coefficient (Wildman–Crippen LogP) is -3.08. The first-order chi connectivity index (χ1) is 5.61. The zero-order chi connectivity index (χ0) is 9.56. The molecular weight excluding hydrogens is 199 g/mol. The van der Waals surface area contributed by atoms with Crippen LogP contribution in [0.1, 0.15) is 27.2 Å². The standard InChI is InChI=1S/C8H16O4.K/c1-4-7(11-5-2)12-6(3)8(9)10;/h6-7H,4-5H2,1-3H3,(H,9,10);/q;+1/p-1. The number of rotatable bonds is 6. The van der Waals surface area contributed by atoms with Gasteiger partial charge in [0.15, 0.2) is 6.29 Å². The van der Waals surface area contributed by atoms with Gasteiger partial charge in [-0.2, -0.15) is 0 Å². The van der Waals surface area contributed by atoms with Crippen molar-refractivity contribution < 1.29 is 70.8 Å². The molecule has 0 bridgehead atoms. The van der Waals surface area contributed by atoms with Gasteiger partial charge < -0.3 is 19.4 Å². The third-order valence-corrected chi connectivity index (χ3v) is 1.37. The maximum absolute atomic E-state index is 10.3. The molecule has 4 nitrogen and oxygen atoms in total. The topological polar surface area (TPSA) is 58.6 Å². The van der Waals surface area contributed by atoms with E-state index in [9.17, 15) is 9.90 Å². The number of carbonyl (C=O) groups excluding carboxylic acids is 1. The fourth-order valence-corrected chi connectivity index (χ4v) is 0.722. The monoisotopic (exact) mass is 214 g/mol. The number of ether oxygens (including phenoxy) is 2. The zero-order valence-corrected chi connectivity index (χ0v) is 11.8. The number of hydrogen-bond donors (Lipinski definition) is 0. The largest absolute Gasteiger partial charge is 1.00 e. The van der Waals surface area contributed by atoms with Crippen molar-refractivity contribution in [2.75, 3.05) is 6.61 Å². The van der Waals surface area contributed by atoms with E-state index in [2.05, 4.69) is 0 Å². The molecule has 0 amide bonds. The van der Waals surface area contributed by atoms with Crippen LogP contribution in [0, 0.1) is 0 Å². The molecule has 0 aromatic rings. The van der Waals surface area contributed by atoms with Crippen LogP contribution in [0.15, 0.2) is 0 Å². The Labute approximate surface area is 121 Å². The van der Waals surface area contributed by atoms with E-state index in [-0.39, 0.29) is 51.4 Å². The van der Waals surface area contributed by atoms with E-state index in [1.54, 1.807) is 0 Å². The maximum atomic E-state index is 10.3. The van der Waals surface area contributed by atoms with Gasteiger partial charge in [0.2, 0.25) is 0 Å². The summed E-state index contributed by atoms with van der Waals surface area (Å²) in [6, 6.07) is 0. The van der Waals surface area contributed by atoms with E-state index in [4.69, 9.17) is 9.47 Å². The van der Waals surface area contributed by atoms with Crippen LogP contribution in [0.2, 0.25) is 0 Å². The molecule has 0 aromatic heterocycles. The molecule has 0 aliphatic rings. The van der Waals surface area contributed by atoms with Crippen molar-refractivity contribution >= 4 is 5.97 Å². The number of aliphatic carboxylic acids is 1. The van der Waals surface area contributed by atoms with E-state index in [1.165, 1.54) is 6.92 Å². The molecule has 0 heterocycles. The van der Waals surface area contributed by atoms with E-state index >= 15 is 0 Å². The van der Waals surface area contributed by atoms with Gasteiger partial charge in [0, 0.05) is 6.61 Å². The Kier molecular flexibility index (Phi) is 12.1. The van der Waals surface area contributed by atoms with Gasteiger partial charge in [-0.15, -0.1) is 0 Å². The number of carbonyl (C=O) groups is 1. The molecule has 72 valence electrons. The first-order valence-electron chi connectivity index (χ1n) is 4.09. The summed E-state index contributed by atoms with van der Waals surface area (Å²) in [7, 11) is 0. The molecule has 0 radical (unpaired) electrons. The molecule has 0 fully saturated rings. The zero-order valence-electron chi connectivity index (χ0n) is 8.70. The van der Waals surface area contributed by atoms with Gasteiger partial charge in [0.1, 0.15) is 0 Å². The minimum Gasteiger partial charge on any atom is -0.547 e. The summed E-state index contributed by atoms with van der Waals surface area (Å²) in [4.78, 5) is 10.3. The Morgan fingerprint density at radius 1 is 1.46 bits per heavy atom. The fourth-order valence-electron chi connectivity index (χ4n) is 0.722. The summed E-state index contributed by atoms with van der Waals surface area (Å²) in [5.74, 6) is -1.21. The molecule has 0 N–H and O–H groups in total. The molecular formula is C8H15KO4. The van der Waals surface area contributed by atoms with E-state index in [1.807, 2.05) is 13.8 Å². The molecule has 5 heteroatoms. The van der Waals surface area contributed by atoms with Crippen LogP contribution in [-0.4, -0.2) is 25.0 Å². The van der Waals surface area contributed by atoms with Crippen LogP contribution in [0.5, 0.6) is 0 Å². The first kappa shape index (κ1) is 16.5. The van der Waals surface area contributed by atoms with Gasteiger partial charge in [-0.25, -0.2) is 0 Å². The third kappa shape index (κ3) is 8.05. The Bertz CT molecular complexity index is 140. The van der Waals surface area contributed by atoms with E-state index in [0.29, 0.717) is 13.0 Å². The van der Waals surface area contributed by atoms with E-state index < -0.39 is 18.4 Å². The van der Waals surface area contributed by atoms with Crippen molar-refractivity contribution in [3.8, 4) is 0 Å². The van der Waals surface area contributed by atoms with Crippen LogP contribution in [0.25, 0.3) is 0 Å². The number of carboxylic acids is 1. The van der Waals surface area contributed by atoms with Gasteiger partial charge in [0.25, 0.3) is 0 Å². The van der Waals surface area contributed by atoms with Crippen LogP contribution >= 0.6 is 0 Å². The Morgan fingerprint density at radius 2 is 2.00 bits per heavy atom. The first-order valence-corrected chi connectivity index (χ1v) is 4.09. The normalized spacial score (nSPS) is 14.4. The van der Waals surface area contributed by atoms with Crippen LogP contribution < -0.4 is 56.5 Å². The molecule has 0 aliphatic heterocycles. The van der Waals surface area contributed by atoms with Gasteiger partial charge in [-0.3, -0.25) is 0 Å². The minimum atomic E-state index is -1.21. The molecule has 0 saturated carbocycles. The van der Waals surface area contributed by atoms with Crippen molar-refractivity contribution in [3.05, 3.63) is 0 Å². The Balaban J connectivity index is 0. The van der Waals surface area contributed by atoms with Crippen molar-refractivity contribution in [1.82, 2.24) is 0 Å². The summed E-state index contributed by atoms with van der Waals surface area (Å²) in [6.45, 7) is 5.63. The van der Waals surface area contributed by atoms with Crippen LogP contribution in [0.4, 0.5) is 0 Å². The number of hydrogen-bond acceptors (Lipinski definition) is 4. The van der Waals surface area contributed by atoms with Crippen LogP contribution in [0.3, 0.4) is 0 Å². The summed E-state index contributed by atoms with van der Waals surface area (Å²) in [5.41, 5.74) is 0. The van der Waals surface area contributed by atoms with Crippen molar-refractivity contribution in [2.45, 2.75) is 39.6 Å². The predicted molar refractivity (Wildman–Crippen MR) is 41.3 cm³/mol. The summed E-state index contributed by atoms with van der Waals surface area (Å²) in [5, 5.41) is 10.3. The average Bonchev–Trinajstić information content (AvgIpc) is 2.03. The van der Waals surface area contributed by atoms with Gasteiger partial charge in [-0.1, -0.05) is 6.92 Å². The molecule has 0 saturated heterocycles. The smallest absolute Gasteiger partial charge is 0.547 e. The molecule has 2 atom stereocenters. The molecule has 13 heavy (non-hydrogen) atoms. The number of carboxylic acid groups (broad SMARTS) is 1. The minimum absolute atomic E-state index is 0. The van der Waals surface area contributed by atoms with Gasteiger partial charge in [-0.05, 0) is 20.3 Å². The quantitative estimate of drug-likeness (QED) is 0.347. The Hall–Kier alpha value is 1.03. The molecule has 0 aromatic carbocycles. The molecule has 0 rings (SSSR count). The van der Waals surface area contributed by atoms with Crippen molar-refractivity contribution in [1.29, 1.82) is 0 Å². The Morgan fingerprint density at radius 3 is 2.31 bits per heavy atom. The van der Waals surface area contributed by atoms with Crippen LogP contribution in [-0.2, 0) is 14.3 Å². The van der Waals surface area contributed by atoms with Crippen molar-refractivity contribution in [2.24, 2.45) is 0 Å².